The summed E-state index contributed by atoms with van der Waals surface area (Å²) in [6.45, 7) is 0. The monoisotopic (exact) mass is 511 g/mol. The van der Waals surface area contributed by atoms with Crippen LogP contribution in [0.4, 0.5) is 35.5 Å². The minimum Gasteiger partial charge on any atom is -0.439 e. The molecule has 2 aromatic rings. The van der Waals surface area contributed by atoms with E-state index < -0.39 is 53.6 Å². The second-order valence-corrected chi connectivity index (χ2v) is 8.23. The van der Waals surface area contributed by atoms with Gasteiger partial charge < -0.3 is 4.74 Å². The fraction of sp³-hybridized carbons (Fsp3) is 0.350. The van der Waals surface area contributed by atoms with Crippen molar-refractivity contribution in [2.45, 2.75) is 43.4 Å². The predicted octanol–water partition coefficient (Wildman–Crippen LogP) is 7.02. The SMILES string of the molecule is O=C1O[C@H](c2cc(F)cc(C(F)(F)F)c2)[C@@H]2CC[C@@H](c3cc(C(F)(F)F)ccc3Br)N12. The summed E-state index contributed by atoms with van der Waals surface area (Å²) in [7, 11) is 0. The first-order chi connectivity index (χ1) is 14.4. The quantitative estimate of drug-likeness (QED) is 0.405. The number of ether oxygens (including phenoxy) is 1. The number of fused-ring (bicyclic) bond motifs is 1. The molecule has 11 heteroatoms. The largest absolute Gasteiger partial charge is 0.439 e. The molecule has 2 heterocycles. The van der Waals surface area contributed by atoms with E-state index in [9.17, 15) is 35.5 Å². The Morgan fingerprint density at radius 2 is 1.61 bits per heavy atom. The number of carbonyl (C=O) groups is 1. The highest BCUT2D eigenvalue weighted by Crippen LogP contribution is 2.49. The molecule has 2 saturated heterocycles. The molecule has 0 N–H and O–H groups in total. The first-order valence-electron chi connectivity index (χ1n) is 9.09. The van der Waals surface area contributed by atoms with Crippen LogP contribution in [0, 0.1) is 5.82 Å². The lowest BCUT2D eigenvalue weighted by molar-refractivity contribution is -0.138. The van der Waals surface area contributed by atoms with E-state index in [2.05, 4.69) is 15.9 Å². The predicted molar refractivity (Wildman–Crippen MR) is 97.4 cm³/mol. The van der Waals surface area contributed by atoms with Gasteiger partial charge in [-0.15, -0.1) is 0 Å². The van der Waals surface area contributed by atoms with Crippen LogP contribution in [0.2, 0.25) is 0 Å². The van der Waals surface area contributed by atoms with Crippen LogP contribution in [0.25, 0.3) is 0 Å². The standard InChI is InChI=1S/C20H13BrF7NO2/c21-14-2-1-10(19(23,24)25)8-13(14)15-3-4-16-17(31-18(30)29(15)16)9-5-11(20(26,27)28)7-12(22)6-9/h1-2,5-8,15-17H,3-4H2/t15-,16-,17+/m0/s1. The van der Waals surface area contributed by atoms with Crippen LogP contribution in [-0.4, -0.2) is 17.0 Å². The van der Waals surface area contributed by atoms with E-state index in [4.69, 9.17) is 4.74 Å². The smallest absolute Gasteiger partial charge is 0.416 e. The summed E-state index contributed by atoms with van der Waals surface area (Å²) in [6.07, 6.45) is -10.9. The first-order valence-corrected chi connectivity index (χ1v) is 9.89. The average Bonchev–Trinajstić information content (AvgIpc) is 3.21. The number of carbonyl (C=O) groups excluding carboxylic acids is 1. The van der Waals surface area contributed by atoms with Gasteiger partial charge in [-0.05, 0) is 60.4 Å². The van der Waals surface area contributed by atoms with Gasteiger partial charge in [0.25, 0.3) is 0 Å². The van der Waals surface area contributed by atoms with Crippen molar-refractivity contribution in [2.24, 2.45) is 0 Å². The molecule has 2 aromatic carbocycles. The number of amides is 1. The van der Waals surface area contributed by atoms with Gasteiger partial charge >= 0.3 is 18.4 Å². The lowest BCUT2D eigenvalue weighted by atomic mass is 9.98. The Morgan fingerprint density at radius 3 is 2.26 bits per heavy atom. The molecule has 0 bridgehead atoms. The normalized spacial score (nSPS) is 23.8. The Kier molecular flexibility index (Phi) is 5.22. The molecule has 0 spiro atoms. The molecule has 1 amide bonds. The van der Waals surface area contributed by atoms with Crippen LogP contribution in [0.15, 0.2) is 40.9 Å². The Hall–Kier alpha value is -2.30. The van der Waals surface area contributed by atoms with Crippen LogP contribution in [-0.2, 0) is 17.1 Å². The Morgan fingerprint density at radius 1 is 0.935 bits per heavy atom. The Balaban J connectivity index is 1.69. The van der Waals surface area contributed by atoms with Gasteiger partial charge in [0.05, 0.1) is 23.2 Å². The molecule has 0 unspecified atom stereocenters. The highest BCUT2D eigenvalue weighted by Gasteiger charge is 2.51. The summed E-state index contributed by atoms with van der Waals surface area (Å²) in [5, 5.41) is 0. The molecule has 31 heavy (non-hydrogen) atoms. The maximum atomic E-state index is 13.8. The van der Waals surface area contributed by atoms with Crippen molar-refractivity contribution in [3.05, 3.63) is 68.9 Å². The van der Waals surface area contributed by atoms with Crippen molar-refractivity contribution in [1.29, 1.82) is 0 Å². The molecule has 0 saturated carbocycles. The molecule has 2 fully saturated rings. The molecule has 2 aliphatic rings. The Labute approximate surface area is 179 Å². The maximum Gasteiger partial charge on any atom is 0.416 e. The van der Waals surface area contributed by atoms with Gasteiger partial charge in [-0.25, -0.2) is 9.18 Å². The first kappa shape index (κ1) is 21.9. The van der Waals surface area contributed by atoms with Crippen molar-refractivity contribution in [2.75, 3.05) is 0 Å². The zero-order chi connectivity index (χ0) is 22.7. The van der Waals surface area contributed by atoms with Gasteiger partial charge in [-0.1, -0.05) is 15.9 Å². The number of benzene rings is 2. The molecule has 4 rings (SSSR count). The second-order valence-electron chi connectivity index (χ2n) is 7.38. The molecule has 0 aromatic heterocycles. The minimum absolute atomic E-state index is 0.156. The molecule has 166 valence electrons. The number of hydrogen-bond donors (Lipinski definition) is 0. The van der Waals surface area contributed by atoms with Crippen LogP contribution in [0.5, 0.6) is 0 Å². The number of hydrogen-bond acceptors (Lipinski definition) is 2. The maximum absolute atomic E-state index is 13.8. The number of alkyl halides is 6. The summed E-state index contributed by atoms with van der Waals surface area (Å²) in [4.78, 5) is 13.8. The fourth-order valence-electron chi connectivity index (χ4n) is 4.16. The fourth-order valence-corrected chi connectivity index (χ4v) is 4.67. The van der Waals surface area contributed by atoms with E-state index in [1.54, 1.807) is 0 Å². The van der Waals surface area contributed by atoms with E-state index in [1.165, 1.54) is 11.0 Å². The van der Waals surface area contributed by atoms with Crippen molar-refractivity contribution >= 4 is 22.0 Å². The van der Waals surface area contributed by atoms with Crippen molar-refractivity contribution in [1.82, 2.24) is 4.90 Å². The zero-order valence-corrected chi connectivity index (χ0v) is 17.0. The molecular weight excluding hydrogens is 499 g/mol. The van der Waals surface area contributed by atoms with Crippen LogP contribution in [0.1, 0.15) is 47.2 Å². The lowest BCUT2D eigenvalue weighted by Gasteiger charge is -2.24. The molecule has 0 radical (unpaired) electrons. The summed E-state index contributed by atoms with van der Waals surface area (Å²) < 4.78 is 98.0. The highest BCUT2D eigenvalue weighted by molar-refractivity contribution is 9.10. The summed E-state index contributed by atoms with van der Waals surface area (Å²) in [5.74, 6) is -1.13. The van der Waals surface area contributed by atoms with E-state index in [1.807, 2.05) is 0 Å². The number of cyclic esters (lactones) is 1. The van der Waals surface area contributed by atoms with Gasteiger partial charge in [-0.2, -0.15) is 26.3 Å². The van der Waals surface area contributed by atoms with E-state index in [-0.39, 0.29) is 24.0 Å². The van der Waals surface area contributed by atoms with Crippen molar-refractivity contribution in [3.8, 4) is 0 Å². The zero-order valence-electron chi connectivity index (χ0n) is 15.4. The third-order valence-corrected chi connectivity index (χ3v) is 6.20. The van der Waals surface area contributed by atoms with E-state index >= 15 is 0 Å². The minimum atomic E-state index is -4.79. The van der Waals surface area contributed by atoms with Gasteiger partial charge in [-0.3, -0.25) is 4.90 Å². The van der Waals surface area contributed by atoms with Crippen LogP contribution in [0.3, 0.4) is 0 Å². The van der Waals surface area contributed by atoms with Gasteiger partial charge in [0.2, 0.25) is 0 Å². The third kappa shape index (κ3) is 3.99. The van der Waals surface area contributed by atoms with E-state index in [0.29, 0.717) is 10.5 Å². The van der Waals surface area contributed by atoms with Gasteiger partial charge in [0, 0.05) is 4.47 Å². The summed E-state index contributed by atoms with van der Waals surface area (Å²) in [6, 6.07) is 3.49. The van der Waals surface area contributed by atoms with Gasteiger partial charge in [0.15, 0.2) is 0 Å². The topological polar surface area (TPSA) is 29.5 Å². The number of halogens is 8. The van der Waals surface area contributed by atoms with Crippen molar-refractivity contribution < 1.29 is 40.3 Å². The van der Waals surface area contributed by atoms with Crippen LogP contribution < -0.4 is 0 Å². The molecule has 3 nitrogen and oxygen atoms in total. The Bertz CT molecular complexity index is 1040. The molecule has 3 atom stereocenters. The van der Waals surface area contributed by atoms with E-state index in [0.717, 1.165) is 24.3 Å². The van der Waals surface area contributed by atoms with Crippen molar-refractivity contribution in [3.63, 3.8) is 0 Å². The molecule has 2 aliphatic heterocycles. The summed E-state index contributed by atoms with van der Waals surface area (Å²) in [5.41, 5.74) is -2.05. The number of nitrogens with zero attached hydrogens (tertiary/aromatic N) is 1. The van der Waals surface area contributed by atoms with Crippen LogP contribution >= 0.6 is 15.9 Å². The van der Waals surface area contributed by atoms with Gasteiger partial charge in [0.1, 0.15) is 11.9 Å². The molecular formula is C20H13BrF7NO2. The lowest BCUT2D eigenvalue weighted by Crippen LogP contribution is -2.31. The average molecular weight is 512 g/mol. The molecule has 0 aliphatic carbocycles. The highest BCUT2D eigenvalue weighted by atomic mass is 79.9. The number of rotatable bonds is 2. The third-order valence-electron chi connectivity index (χ3n) is 5.48. The second kappa shape index (κ2) is 7.39. The summed E-state index contributed by atoms with van der Waals surface area (Å²) >= 11 is 3.20.